The number of nitrogens with one attached hydrogen (secondary N) is 1. The quantitative estimate of drug-likeness (QED) is 0.826. The second-order valence-electron chi connectivity index (χ2n) is 4.74. The van der Waals surface area contributed by atoms with Crippen LogP contribution < -0.4 is 5.32 Å². The zero-order valence-electron chi connectivity index (χ0n) is 11.2. The molecule has 1 aromatic heterocycles. The molecule has 1 unspecified atom stereocenters. The molecule has 0 bridgehead atoms. The van der Waals surface area contributed by atoms with Crippen molar-refractivity contribution in [1.29, 1.82) is 0 Å². The lowest BCUT2D eigenvalue weighted by Crippen LogP contribution is -2.14. The van der Waals surface area contributed by atoms with Crippen molar-refractivity contribution in [3.05, 3.63) is 47.0 Å². The van der Waals surface area contributed by atoms with Gasteiger partial charge in [-0.1, -0.05) is 11.6 Å². The van der Waals surface area contributed by atoms with E-state index in [0.29, 0.717) is 0 Å². The maximum Gasteiger partial charge on any atom is 0.134 e. The largest absolute Gasteiger partial charge is 0.459 e. The number of hydrogen-bond donors (Lipinski definition) is 1. The molecule has 1 N–H and O–H groups in total. The molecule has 0 aliphatic heterocycles. The predicted molar refractivity (Wildman–Crippen MR) is 72.1 cm³/mol. The van der Waals surface area contributed by atoms with E-state index in [1.807, 2.05) is 27.8 Å². The first-order chi connectivity index (χ1) is 8.52. The van der Waals surface area contributed by atoms with E-state index < -0.39 is 0 Å². The highest BCUT2D eigenvalue weighted by molar-refractivity contribution is 5.82. The second-order valence-corrected chi connectivity index (χ2v) is 4.74. The summed E-state index contributed by atoms with van der Waals surface area (Å²) in [6.07, 6.45) is 2.10. The molecule has 18 heavy (non-hydrogen) atoms. The van der Waals surface area contributed by atoms with Crippen LogP contribution in [0, 0.1) is 12.7 Å². The normalized spacial score (nSPS) is 12.7. The van der Waals surface area contributed by atoms with E-state index in [-0.39, 0.29) is 11.9 Å². The Bertz CT molecular complexity index is 594. The molecule has 0 saturated carbocycles. The van der Waals surface area contributed by atoms with Gasteiger partial charge in [0.25, 0.3) is 0 Å². The molecule has 0 radical (unpaired) electrons. The third-order valence-corrected chi connectivity index (χ3v) is 3.03. The number of furan rings is 1. The lowest BCUT2D eigenvalue weighted by atomic mass is 10.1. The monoisotopic (exact) mass is 247 g/mol. The first-order valence-corrected chi connectivity index (χ1v) is 6.03. The molecule has 0 aliphatic rings. The average molecular weight is 247 g/mol. The molecule has 1 aromatic carbocycles. The van der Waals surface area contributed by atoms with Crippen molar-refractivity contribution in [1.82, 2.24) is 5.32 Å². The van der Waals surface area contributed by atoms with E-state index in [1.165, 1.54) is 17.7 Å². The molecule has 2 aromatic rings. The van der Waals surface area contributed by atoms with Crippen molar-refractivity contribution >= 4 is 11.0 Å². The van der Waals surface area contributed by atoms with Crippen molar-refractivity contribution in [3.63, 3.8) is 0 Å². The number of hydrogen-bond acceptors (Lipinski definition) is 2. The summed E-state index contributed by atoms with van der Waals surface area (Å²) in [4.78, 5) is 0. The van der Waals surface area contributed by atoms with Gasteiger partial charge in [0.1, 0.15) is 17.2 Å². The Morgan fingerprint density at radius 1 is 1.39 bits per heavy atom. The fourth-order valence-corrected chi connectivity index (χ4v) is 2.13. The van der Waals surface area contributed by atoms with Gasteiger partial charge in [0.05, 0.1) is 6.04 Å². The van der Waals surface area contributed by atoms with Gasteiger partial charge in [-0.15, -0.1) is 0 Å². The number of rotatable bonds is 3. The van der Waals surface area contributed by atoms with Crippen LogP contribution in [0.5, 0.6) is 0 Å². The SMILES string of the molecule is CNC(C=C(C)C)c1oc2ccc(F)cc2c1C. The average Bonchev–Trinajstić information content (AvgIpc) is 2.64. The van der Waals surface area contributed by atoms with Crippen LogP contribution in [0.4, 0.5) is 4.39 Å². The summed E-state index contributed by atoms with van der Waals surface area (Å²) in [5.41, 5.74) is 2.92. The van der Waals surface area contributed by atoms with Gasteiger partial charge in [0.2, 0.25) is 0 Å². The number of benzene rings is 1. The fraction of sp³-hybridized carbons (Fsp3) is 0.333. The van der Waals surface area contributed by atoms with Crippen LogP contribution >= 0.6 is 0 Å². The summed E-state index contributed by atoms with van der Waals surface area (Å²) in [7, 11) is 1.89. The Morgan fingerprint density at radius 3 is 2.72 bits per heavy atom. The van der Waals surface area contributed by atoms with Gasteiger partial charge in [-0.25, -0.2) is 4.39 Å². The molecule has 0 aliphatic carbocycles. The minimum atomic E-state index is -0.235. The number of halogens is 1. The van der Waals surface area contributed by atoms with Crippen molar-refractivity contribution in [3.8, 4) is 0 Å². The minimum Gasteiger partial charge on any atom is -0.459 e. The minimum absolute atomic E-state index is 0.0189. The molecule has 2 rings (SSSR count). The molecule has 3 heteroatoms. The molecule has 0 spiro atoms. The van der Waals surface area contributed by atoms with Gasteiger partial charge < -0.3 is 9.73 Å². The Labute approximate surface area is 106 Å². The molecule has 0 amide bonds. The van der Waals surface area contributed by atoms with Gasteiger partial charge >= 0.3 is 0 Å². The van der Waals surface area contributed by atoms with Gasteiger partial charge in [0.15, 0.2) is 0 Å². The van der Waals surface area contributed by atoms with Crippen molar-refractivity contribution in [2.24, 2.45) is 0 Å². The van der Waals surface area contributed by atoms with Crippen LogP contribution in [-0.4, -0.2) is 7.05 Å². The lowest BCUT2D eigenvalue weighted by Gasteiger charge is -2.10. The molecule has 0 saturated heterocycles. The second kappa shape index (κ2) is 4.94. The van der Waals surface area contributed by atoms with Crippen LogP contribution in [0.3, 0.4) is 0 Å². The first-order valence-electron chi connectivity index (χ1n) is 6.03. The zero-order valence-corrected chi connectivity index (χ0v) is 11.2. The highest BCUT2D eigenvalue weighted by atomic mass is 19.1. The van der Waals surface area contributed by atoms with Gasteiger partial charge in [-0.3, -0.25) is 0 Å². The third-order valence-electron chi connectivity index (χ3n) is 3.03. The molecule has 0 fully saturated rings. The molecule has 2 nitrogen and oxygen atoms in total. The first kappa shape index (κ1) is 12.8. The Morgan fingerprint density at radius 2 is 2.11 bits per heavy atom. The molecular formula is C15H18FNO. The maximum atomic E-state index is 13.2. The number of likely N-dealkylation sites (N-methyl/N-ethyl adjacent to an activating group) is 1. The summed E-state index contributed by atoms with van der Waals surface area (Å²) >= 11 is 0. The van der Waals surface area contributed by atoms with Gasteiger partial charge in [-0.2, -0.15) is 0 Å². The zero-order chi connectivity index (χ0) is 13.3. The maximum absolute atomic E-state index is 13.2. The summed E-state index contributed by atoms with van der Waals surface area (Å²) in [6.45, 7) is 6.05. The van der Waals surface area contributed by atoms with Crippen molar-refractivity contribution in [2.75, 3.05) is 7.05 Å². The molecule has 1 atom stereocenters. The smallest absolute Gasteiger partial charge is 0.134 e. The van der Waals surface area contributed by atoms with E-state index in [0.717, 1.165) is 22.3 Å². The van der Waals surface area contributed by atoms with E-state index >= 15 is 0 Å². The van der Waals surface area contributed by atoms with Crippen molar-refractivity contribution in [2.45, 2.75) is 26.8 Å². The standard InChI is InChI=1S/C15H18FNO/c1-9(2)7-13(17-4)15-10(3)12-8-11(16)5-6-14(12)18-15/h5-8,13,17H,1-4H3. The fourth-order valence-electron chi connectivity index (χ4n) is 2.13. The van der Waals surface area contributed by atoms with Crippen LogP contribution in [0.25, 0.3) is 11.0 Å². The van der Waals surface area contributed by atoms with E-state index in [1.54, 1.807) is 6.07 Å². The van der Waals surface area contributed by atoms with Crippen LogP contribution in [0.15, 0.2) is 34.3 Å². The van der Waals surface area contributed by atoms with E-state index in [2.05, 4.69) is 11.4 Å². The summed E-state index contributed by atoms with van der Waals surface area (Å²) < 4.78 is 19.1. The van der Waals surface area contributed by atoms with Gasteiger partial charge in [-0.05, 0) is 46.0 Å². The summed E-state index contributed by atoms with van der Waals surface area (Å²) in [5.74, 6) is 0.612. The Balaban J connectivity index is 2.57. The Hall–Kier alpha value is -1.61. The predicted octanol–water partition coefficient (Wildman–Crippen LogP) is 4.11. The number of aryl methyl sites for hydroxylation is 1. The molecule has 1 heterocycles. The lowest BCUT2D eigenvalue weighted by molar-refractivity contribution is 0.493. The molecule has 96 valence electrons. The Kier molecular flexibility index (Phi) is 3.53. The van der Waals surface area contributed by atoms with E-state index in [4.69, 9.17) is 4.42 Å². The summed E-state index contributed by atoms with van der Waals surface area (Å²) in [5, 5.41) is 4.04. The van der Waals surface area contributed by atoms with Gasteiger partial charge in [0, 0.05) is 10.9 Å². The van der Waals surface area contributed by atoms with E-state index in [9.17, 15) is 4.39 Å². The molecular weight excluding hydrogens is 229 g/mol. The number of allylic oxidation sites excluding steroid dienone is 1. The summed E-state index contributed by atoms with van der Waals surface area (Å²) in [6, 6.07) is 4.64. The van der Waals surface area contributed by atoms with Crippen LogP contribution in [0.2, 0.25) is 0 Å². The van der Waals surface area contributed by atoms with Crippen molar-refractivity contribution < 1.29 is 8.81 Å². The highest BCUT2D eigenvalue weighted by Crippen LogP contribution is 2.30. The topological polar surface area (TPSA) is 25.2 Å². The third kappa shape index (κ3) is 2.31. The van der Waals surface area contributed by atoms with Crippen LogP contribution in [-0.2, 0) is 0 Å². The highest BCUT2D eigenvalue weighted by Gasteiger charge is 2.17. The number of fused-ring (bicyclic) bond motifs is 1. The van der Waals surface area contributed by atoms with Crippen LogP contribution in [0.1, 0.15) is 31.2 Å².